The zero-order valence-corrected chi connectivity index (χ0v) is 10.2. The SMILES string of the molecule is COC(=O)c1ccn(CCC2CCNCC2)n1. The van der Waals surface area contributed by atoms with Crippen LogP contribution in [-0.4, -0.2) is 35.9 Å². The maximum Gasteiger partial charge on any atom is 0.358 e. The highest BCUT2D eigenvalue weighted by atomic mass is 16.5. The van der Waals surface area contributed by atoms with Gasteiger partial charge in [-0.3, -0.25) is 4.68 Å². The molecule has 0 aromatic carbocycles. The monoisotopic (exact) mass is 237 g/mol. The van der Waals surface area contributed by atoms with Crippen LogP contribution in [0.1, 0.15) is 29.8 Å². The highest BCUT2D eigenvalue weighted by Gasteiger charge is 2.14. The van der Waals surface area contributed by atoms with E-state index in [2.05, 4.69) is 15.2 Å². The van der Waals surface area contributed by atoms with Crippen molar-refractivity contribution in [3.05, 3.63) is 18.0 Å². The Balaban J connectivity index is 1.82. The van der Waals surface area contributed by atoms with Crippen LogP contribution >= 0.6 is 0 Å². The Bertz CT molecular complexity index is 370. The van der Waals surface area contributed by atoms with Gasteiger partial charge in [0.15, 0.2) is 5.69 Å². The second kappa shape index (κ2) is 5.82. The second-order valence-corrected chi connectivity index (χ2v) is 4.44. The highest BCUT2D eigenvalue weighted by Crippen LogP contribution is 2.16. The molecule has 17 heavy (non-hydrogen) atoms. The number of aromatic nitrogens is 2. The van der Waals surface area contributed by atoms with E-state index >= 15 is 0 Å². The van der Waals surface area contributed by atoms with E-state index < -0.39 is 0 Å². The van der Waals surface area contributed by atoms with Gasteiger partial charge >= 0.3 is 5.97 Å². The first kappa shape index (κ1) is 12.1. The zero-order chi connectivity index (χ0) is 12.1. The van der Waals surface area contributed by atoms with Crippen LogP contribution in [0.4, 0.5) is 0 Å². The number of nitrogens with zero attached hydrogens (tertiary/aromatic N) is 2. The molecule has 2 rings (SSSR count). The van der Waals surface area contributed by atoms with E-state index in [1.54, 1.807) is 6.07 Å². The van der Waals surface area contributed by atoms with Gasteiger partial charge in [0.05, 0.1) is 7.11 Å². The summed E-state index contributed by atoms with van der Waals surface area (Å²) in [6, 6.07) is 1.70. The molecule has 94 valence electrons. The zero-order valence-electron chi connectivity index (χ0n) is 10.2. The standard InChI is InChI=1S/C12H19N3O2/c1-17-12(16)11-5-9-15(14-11)8-4-10-2-6-13-7-3-10/h5,9-10,13H,2-4,6-8H2,1H3. The summed E-state index contributed by atoms with van der Waals surface area (Å²) in [5.74, 6) is 0.410. The van der Waals surface area contributed by atoms with Gasteiger partial charge in [0.2, 0.25) is 0 Å². The van der Waals surface area contributed by atoms with Crippen molar-refractivity contribution in [2.24, 2.45) is 5.92 Å². The van der Waals surface area contributed by atoms with E-state index in [9.17, 15) is 4.79 Å². The normalized spacial score (nSPS) is 17.0. The third-order valence-electron chi connectivity index (χ3n) is 3.26. The number of hydrogen-bond donors (Lipinski definition) is 1. The number of piperidine rings is 1. The van der Waals surface area contributed by atoms with Crippen molar-refractivity contribution in [2.75, 3.05) is 20.2 Å². The molecule has 1 aromatic rings. The Kier molecular flexibility index (Phi) is 4.14. The molecule has 1 fully saturated rings. The first-order valence-corrected chi connectivity index (χ1v) is 6.12. The number of carbonyl (C=O) groups is 1. The van der Waals surface area contributed by atoms with Crippen LogP contribution < -0.4 is 5.32 Å². The van der Waals surface area contributed by atoms with E-state index in [0.29, 0.717) is 5.69 Å². The van der Waals surface area contributed by atoms with Gasteiger partial charge in [0.1, 0.15) is 0 Å². The van der Waals surface area contributed by atoms with Crippen molar-refractivity contribution in [3.63, 3.8) is 0 Å². The van der Waals surface area contributed by atoms with Crippen molar-refractivity contribution < 1.29 is 9.53 Å². The molecule has 1 saturated heterocycles. The average Bonchev–Trinajstić information content (AvgIpc) is 2.85. The first-order valence-electron chi connectivity index (χ1n) is 6.12. The Morgan fingerprint density at radius 2 is 2.35 bits per heavy atom. The van der Waals surface area contributed by atoms with Gasteiger partial charge in [-0.15, -0.1) is 0 Å². The maximum atomic E-state index is 11.2. The van der Waals surface area contributed by atoms with Crippen LogP contribution in [-0.2, 0) is 11.3 Å². The quantitative estimate of drug-likeness (QED) is 0.796. The van der Waals surface area contributed by atoms with Gasteiger partial charge in [0.25, 0.3) is 0 Å². The summed E-state index contributed by atoms with van der Waals surface area (Å²) in [5, 5.41) is 7.55. The lowest BCUT2D eigenvalue weighted by Gasteiger charge is -2.22. The molecule has 0 spiro atoms. The molecule has 0 aliphatic carbocycles. The molecule has 1 aliphatic rings. The van der Waals surface area contributed by atoms with Crippen LogP contribution in [0.25, 0.3) is 0 Å². The molecular formula is C12H19N3O2. The summed E-state index contributed by atoms with van der Waals surface area (Å²) < 4.78 is 6.45. The Labute approximate surface area is 101 Å². The lowest BCUT2D eigenvalue weighted by molar-refractivity contribution is 0.0593. The summed E-state index contributed by atoms with van der Waals surface area (Å²) in [6.07, 6.45) is 5.45. The summed E-state index contributed by atoms with van der Waals surface area (Å²) in [7, 11) is 1.37. The number of aryl methyl sites for hydroxylation is 1. The van der Waals surface area contributed by atoms with Crippen LogP contribution in [0.5, 0.6) is 0 Å². The first-order chi connectivity index (χ1) is 8.29. The Morgan fingerprint density at radius 1 is 1.59 bits per heavy atom. The van der Waals surface area contributed by atoms with Gasteiger partial charge in [-0.05, 0) is 44.3 Å². The molecule has 0 bridgehead atoms. The van der Waals surface area contributed by atoms with Crippen molar-refractivity contribution in [3.8, 4) is 0 Å². The van der Waals surface area contributed by atoms with Crippen LogP contribution in [0, 0.1) is 5.92 Å². The van der Waals surface area contributed by atoms with E-state index in [1.807, 2.05) is 10.9 Å². The third-order valence-corrected chi connectivity index (χ3v) is 3.26. The van der Waals surface area contributed by atoms with Crippen molar-refractivity contribution in [1.29, 1.82) is 0 Å². The van der Waals surface area contributed by atoms with E-state index in [4.69, 9.17) is 0 Å². The number of methoxy groups -OCH3 is 1. The number of ether oxygens (including phenoxy) is 1. The summed E-state index contributed by atoms with van der Waals surface area (Å²) in [5.41, 5.74) is 0.387. The van der Waals surface area contributed by atoms with Gasteiger partial charge in [-0.1, -0.05) is 0 Å². The van der Waals surface area contributed by atoms with E-state index in [0.717, 1.165) is 32.0 Å². The van der Waals surface area contributed by atoms with Gasteiger partial charge < -0.3 is 10.1 Å². The molecule has 1 aromatic heterocycles. The van der Waals surface area contributed by atoms with Crippen LogP contribution in [0.3, 0.4) is 0 Å². The fraction of sp³-hybridized carbons (Fsp3) is 0.667. The number of esters is 1. The Morgan fingerprint density at radius 3 is 3.06 bits per heavy atom. The summed E-state index contributed by atoms with van der Waals surface area (Å²) >= 11 is 0. The molecule has 1 aliphatic heterocycles. The van der Waals surface area contributed by atoms with E-state index in [-0.39, 0.29) is 5.97 Å². The molecule has 0 saturated carbocycles. The van der Waals surface area contributed by atoms with Gasteiger partial charge in [-0.2, -0.15) is 5.10 Å². The smallest absolute Gasteiger partial charge is 0.358 e. The predicted octanol–water partition coefficient (Wildman–Crippen LogP) is 1.06. The average molecular weight is 237 g/mol. The van der Waals surface area contributed by atoms with E-state index in [1.165, 1.54) is 20.0 Å². The Hall–Kier alpha value is -1.36. The molecule has 2 heterocycles. The lowest BCUT2D eigenvalue weighted by Crippen LogP contribution is -2.28. The largest absolute Gasteiger partial charge is 0.464 e. The topological polar surface area (TPSA) is 56.1 Å². The second-order valence-electron chi connectivity index (χ2n) is 4.44. The minimum atomic E-state index is -0.370. The number of rotatable bonds is 4. The van der Waals surface area contributed by atoms with Gasteiger partial charge in [-0.25, -0.2) is 4.79 Å². The fourth-order valence-corrected chi connectivity index (χ4v) is 2.18. The summed E-state index contributed by atoms with van der Waals surface area (Å²) in [4.78, 5) is 11.2. The van der Waals surface area contributed by atoms with Crippen molar-refractivity contribution in [1.82, 2.24) is 15.1 Å². The molecule has 0 amide bonds. The van der Waals surface area contributed by atoms with Gasteiger partial charge in [0, 0.05) is 12.7 Å². The number of nitrogens with one attached hydrogen (secondary N) is 1. The molecule has 5 heteroatoms. The number of carbonyl (C=O) groups excluding carboxylic acids is 1. The molecule has 0 radical (unpaired) electrons. The minimum Gasteiger partial charge on any atom is -0.464 e. The van der Waals surface area contributed by atoms with Crippen LogP contribution in [0.15, 0.2) is 12.3 Å². The number of hydrogen-bond acceptors (Lipinski definition) is 4. The van der Waals surface area contributed by atoms with Crippen LogP contribution in [0.2, 0.25) is 0 Å². The van der Waals surface area contributed by atoms with Crippen molar-refractivity contribution >= 4 is 5.97 Å². The molecule has 0 atom stereocenters. The molecule has 1 N–H and O–H groups in total. The molecular weight excluding hydrogens is 218 g/mol. The maximum absolute atomic E-state index is 11.2. The molecule has 0 unspecified atom stereocenters. The molecule has 5 nitrogen and oxygen atoms in total. The predicted molar refractivity (Wildman–Crippen MR) is 63.8 cm³/mol. The highest BCUT2D eigenvalue weighted by molar-refractivity contribution is 5.86. The minimum absolute atomic E-state index is 0.370. The van der Waals surface area contributed by atoms with Crippen molar-refractivity contribution in [2.45, 2.75) is 25.8 Å². The third kappa shape index (κ3) is 3.30. The fourth-order valence-electron chi connectivity index (χ4n) is 2.18. The summed E-state index contributed by atoms with van der Waals surface area (Å²) in [6.45, 7) is 3.12. The lowest BCUT2D eigenvalue weighted by atomic mass is 9.95.